The molecule has 0 aromatic heterocycles. The van der Waals surface area contributed by atoms with E-state index in [9.17, 15) is 18.4 Å². The molecule has 142 valence electrons. The number of morpholine rings is 1. The van der Waals surface area contributed by atoms with Gasteiger partial charge in [-0.25, -0.2) is 8.78 Å². The minimum atomic E-state index is -0.821. The van der Waals surface area contributed by atoms with E-state index in [2.05, 4.69) is 10.6 Å². The Balaban J connectivity index is 1.55. The maximum atomic E-state index is 13.2. The zero-order chi connectivity index (χ0) is 19.2. The van der Waals surface area contributed by atoms with Crippen LogP contribution in [-0.2, 0) is 9.53 Å². The zero-order valence-corrected chi connectivity index (χ0v) is 14.5. The molecule has 0 spiro atoms. The first-order chi connectivity index (χ1) is 13.0. The Morgan fingerprint density at radius 2 is 1.48 bits per heavy atom. The molecule has 0 atom stereocenters. The summed E-state index contributed by atoms with van der Waals surface area (Å²) in [4.78, 5) is 26.1. The second-order valence-electron chi connectivity index (χ2n) is 6.13. The van der Waals surface area contributed by atoms with Crippen molar-refractivity contribution < 1.29 is 23.1 Å². The van der Waals surface area contributed by atoms with Gasteiger partial charge < -0.3 is 15.4 Å². The van der Waals surface area contributed by atoms with Gasteiger partial charge in [-0.15, -0.1) is 0 Å². The molecule has 0 saturated carbocycles. The summed E-state index contributed by atoms with van der Waals surface area (Å²) in [6.07, 6.45) is 0. The van der Waals surface area contributed by atoms with Crippen LogP contribution in [0.2, 0.25) is 0 Å². The number of anilines is 2. The molecule has 3 rings (SSSR count). The second kappa shape index (κ2) is 8.70. The van der Waals surface area contributed by atoms with Crippen molar-refractivity contribution in [1.82, 2.24) is 4.90 Å². The number of nitrogens with zero attached hydrogens (tertiary/aromatic N) is 1. The minimum absolute atomic E-state index is 0.115. The standard InChI is InChI=1S/C19H19F2N3O3/c20-14-9-13(10-15(21)11-14)19(26)23-17-3-1-16(2-4-17)22-18(25)12-24-5-7-27-8-6-24/h1-4,9-11H,5-8,12H2,(H,22,25)(H,23,26). The molecule has 2 amide bonds. The smallest absolute Gasteiger partial charge is 0.255 e. The number of ether oxygens (including phenoxy) is 1. The lowest BCUT2D eigenvalue weighted by molar-refractivity contribution is -0.118. The van der Waals surface area contributed by atoms with Crippen LogP contribution < -0.4 is 10.6 Å². The quantitative estimate of drug-likeness (QED) is 0.842. The largest absolute Gasteiger partial charge is 0.379 e. The van der Waals surface area contributed by atoms with Crippen molar-refractivity contribution in [3.8, 4) is 0 Å². The molecule has 1 saturated heterocycles. The second-order valence-corrected chi connectivity index (χ2v) is 6.13. The Morgan fingerprint density at radius 1 is 0.926 bits per heavy atom. The number of halogens is 2. The lowest BCUT2D eigenvalue weighted by Gasteiger charge is -2.25. The lowest BCUT2D eigenvalue weighted by atomic mass is 10.2. The van der Waals surface area contributed by atoms with Crippen molar-refractivity contribution in [2.24, 2.45) is 0 Å². The molecule has 1 heterocycles. The van der Waals surface area contributed by atoms with E-state index in [0.29, 0.717) is 30.7 Å². The van der Waals surface area contributed by atoms with Crippen molar-refractivity contribution in [3.63, 3.8) is 0 Å². The Labute approximate surface area is 155 Å². The summed E-state index contributed by atoms with van der Waals surface area (Å²) >= 11 is 0. The molecule has 27 heavy (non-hydrogen) atoms. The predicted molar refractivity (Wildman–Crippen MR) is 96.6 cm³/mol. The molecule has 0 bridgehead atoms. The number of rotatable bonds is 5. The normalized spacial score (nSPS) is 14.6. The molecule has 2 N–H and O–H groups in total. The molecular weight excluding hydrogens is 356 g/mol. The number of benzene rings is 2. The molecule has 1 aliphatic rings. The van der Waals surface area contributed by atoms with Crippen molar-refractivity contribution in [2.45, 2.75) is 0 Å². The van der Waals surface area contributed by atoms with Crippen molar-refractivity contribution in [1.29, 1.82) is 0 Å². The average molecular weight is 375 g/mol. The van der Waals surface area contributed by atoms with Crippen LogP contribution in [0.3, 0.4) is 0 Å². The summed E-state index contributed by atoms with van der Waals surface area (Å²) in [7, 11) is 0. The Bertz CT molecular complexity index is 801. The first-order valence-electron chi connectivity index (χ1n) is 8.47. The topological polar surface area (TPSA) is 70.7 Å². The number of hydrogen-bond donors (Lipinski definition) is 2. The summed E-state index contributed by atoms with van der Waals surface area (Å²) < 4.78 is 31.6. The van der Waals surface area contributed by atoms with E-state index in [-0.39, 0.29) is 18.0 Å². The predicted octanol–water partition coefficient (Wildman–Crippen LogP) is 2.49. The van der Waals surface area contributed by atoms with Gasteiger partial charge in [-0.1, -0.05) is 0 Å². The monoisotopic (exact) mass is 375 g/mol. The van der Waals surface area contributed by atoms with Gasteiger partial charge >= 0.3 is 0 Å². The summed E-state index contributed by atoms with van der Waals surface area (Å²) in [6.45, 7) is 2.97. The van der Waals surface area contributed by atoms with Crippen molar-refractivity contribution in [3.05, 3.63) is 59.7 Å². The maximum absolute atomic E-state index is 13.2. The number of nitrogens with one attached hydrogen (secondary N) is 2. The molecule has 2 aromatic rings. The van der Waals surface area contributed by atoms with Gasteiger partial charge in [0.25, 0.3) is 5.91 Å². The lowest BCUT2D eigenvalue weighted by Crippen LogP contribution is -2.41. The molecule has 6 nitrogen and oxygen atoms in total. The van der Waals surface area contributed by atoms with Crippen LogP contribution in [0.1, 0.15) is 10.4 Å². The van der Waals surface area contributed by atoms with E-state index in [1.54, 1.807) is 24.3 Å². The third-order valence-electron chi connectivity index (χ3n) is 4.02. The van der Waals surface area contributed by atoms with Crippen LogP contribution in [0, 0.1) is 11.6 Å². The number of carbonyl (C=O) groups excluding carboxylic acids is 2. The highest BCUT2D eigenvalue weighted by atomic mass is 19.1. The Kier molecular flexibility index (Phi) is 6.10. The maximum Gasteiger partial charge on any atom is 0.255 e. The first kappa shape index (κ1) is 18.9. The van der Waals surface area contributed by atoms with Gasteiger partial charge in [0.15, 0.2) is 0 Å². The van der Waals surface area contributed by atoms with Gasteiger partial charge in [-0.2, -0.15) is 0 Å². The molecule has 1 aliphatic heterocycles. The van der Waals surface area contributed by atoms with Gasteiger partial charge in [-0.3, -0.25) is 14.5 Å². The summed E-state index contributed by atoms with van der Waals surface area (Å²) in [5.41, 5.74) is 0.911. The van der Waals surface area contributed by atoms with E-state index in [1.165, 1.54) is 0 Å². The van der Waals surface area contributed by atoms with Gasteiger partial charge in [0.1, 0.15) is 11.6 Å². The average Bonchev–Trinajstić information content (AvgIpc) is 2.63. The summed E-state index contributed by atoms with van der Waals surface area (Å²) in [5, 5.41) is 5.33. The number of amides is 2. The van der Waals surface area contributed by atoms with Crippen LogP contribution >= 0.6 is 0 Å². The molecule has 0 radical (unpaired) electrons. The van der Waals surface area contributed by atoms with Crippen LogP contribution in [-0.4, -0.2) is 49.6 Å². The first-order valence-corrected chi connectivity index (χ1v) is 8.47. The molecule has 0 aliphatic carbocycles. The van der Waals surface area contributed by atoms with Crippen molar-refractivity contribution >= 4 is 23.2 Å². The fourth-order valence-electron chi connectivity index (χ4n) is 2.69. The van der Waals surface area contributed by atoms with E-state index in [4.69, 9.17) is 4.74 Å². The molecule has 8 heteroatoms. The number of carbonyl (C=O) groups is 2. The van der Waals surface area contributed by atoms with E-state index in [0.717, 1.165) is 25.2 Å². The van der Waals surface area contributed by atoms with Gasteiger partial charge in [0.2, 0.25) is 5.91 Å². The molecule has 1 fully saturated rings. The van der Waals surface area contributed by atoms with Crippen LogP contribution in [0.5, 0.6) is 0 Å². The summed E-state index contributed by atoms with van der Waals surface area (Å²) in [5.74, 6) is -2.40. The molecule has 0 unspecified atom stereocenters. The fraction of sp³-hybridized carbons (Fsp3) is 0.263. The van der Waals surface area contributed by atoms with Crippen molar-refractivity contribution in [2.75, 3.05) is 43.5 Å². The highest BCUT2D eigenvalue weighted by molar-refractivity contribution is 6.04. The zero-order valence-electron chi connectivity index (χ0n) is 14.5. The number of hydrogen-bond acceptors (Lipinski definition) is 4. The van der Waals surface area contributed by atoms with Crippen LogP contribution in [0.15, 0.2) is 42.5 Å². The third-order valence-corrected chi connectivity index (χ3v) is 4.02. The minimum Gasteiger partial charge on any atom is -0.379 e. The van der Waals surface area contributed by atoms with Crippen LogP contribution in [0.25, 0.3) is 0 Å². The molecular formula is C19H19F2N3O3. The van der Waals surface area contributed by atoms with E-state index in [1.807, 2.05) is 4.90 Å². The highest BCUT2D eigenvalue weighted by Crippen LogP contribution is 2.16. The van der Waals surface area contributed by atoms with Gasteiger partial charge in [-0.05, 0) is 36.4 Å². The Hall–Kier alpha value is -2.84. The van der Waals surface area contributed by atoms with E-state index >= 15 is 0 Å². The third kappa shape index (κ3) is 5.57. The molecule has 2 aromatic carbocycles. The SMILES string of the molecule is O=C(CN1CCOCC1)Nc1ccc(NC(=O)c2cc(F)cc(F)c2)cc1. The Morgan fingerprint density at radius 3 is 2.07 bits per heavy atom. The van der Waals surface area contributed by atoms with Crippen LogP contribution in [0.4, 0.5) is 20.2 Å². The fourth-order valence-corrected chi connectivity index (χ4v) is 2.69. The highest BCUT2D eigenvalue weighted by Gasteiger charge is 2.14. The van der Waals surface area contributed by atoms with E-state index < -0.39 is 17.5 Å². The van der Waals surface area contributed by atoms with Gasteiger partial charge in [0.05, 0.1) is 19.8 Å². The summed E-state index contributed by atoms with van der Waals surface area (Å²) in [6, 6.07) is 9.08. The van der Waals surface area contributed by atoms with Gasteiger partial charge in [0, 0.05) is 36.1 Å².